The number of nitrogens with zero attached hydrogens (tertiary/aromatic N) is 1. The fourth-order valence-corrected chi connectivity index (χ4v) is 2.35. The predicted octanol–water partition coefficient (Wildman–Crippen LogP) is 2.22. The number of hydrogen-bond donors (Lipinski definition) is 0. The largest absolute Gasteiger partial charge is 0.496 e. The summed E-state index contributed by atoms with van der Waals surface area (Å²) in [6.07, 6.45) is 0.390. The number of ether oxygens (including phenoxy) is 2. The first-order valence-electron chi connectivity index (χ1n) is 7.14. The molecule has 1 aromatic rings. The summed E-state index contributed by atoms with van der Waals surface area (Å²) in [5.74, 6) is 1.40. The molecule has 1 saturated heterocycles. The van der Waals surface area contributed by atoms with Crippen LogP contribution in [0.25, 0.3) is 0 Å². The van der Waals surface area contributed by atoms with Crippen LogP contribution >= 0.6 is 0 Å². The molecule has 1 aliphatic rings. The fraction of sp³-hybridized carbons (Fsp3) is 0.562. The van der Waals surface area contributed by atoms with Gasteiger partial charge in [-0.2, -0.15) is 0 Å². The fourth-order valence-electron chi connectivity index (χ4n) is 2.35. The molecule has 1 fully saturated rings. The molecule has 20 heavy (non-hydrogen) atoms. The molecular weight excluding hydrogens is 254 g/mol. The van der Waals surface area contributed by atoms with Crippen molar-refractivity contribution in [2.75, 3.05) is 33.4 Å². The first-order valence-corrected chi connectivity index (χ1v) is 7.14. The molecule has 0 unspecified atom stereocenters. The molecule has 0 bridgehead atoms. The van der Waals surface area contributed by atoms with Gasteiger partial charge < -0.3 is 14.4 Å². The smallest absolute Gasteiger partial charge is 0.227 e. The zero-order chi connectivity index (χ0) is 14.5. The second-order valence-electron chi connectivity index (χ2n) is 5.40. The van der Waals surface area contributed by atoms with Gasteiger partial charge in [0.1, 0.15) is 5.75 Å². The Balaban J connectivity index is 2.09. The normalized spacial score (nSPS) is 15.5. The first kappa shape index (κ1) is 14.9. The Hall–Kier alpha value is -1.55. The lowest BCUT2D eigenvalue weighted by molar-refractivity contribution is -0.134. The average Bonchev–Trinajstić information content (AvgIpc) is 2.48. The van der Waals surface area contributed by atoms with E-state index >= 15 is 0 Å². The minimum absolute atomic E-state index is 0.142. The third-order valence-electron chi connectivity index (χ3n) is 3.68. The Labute approximate surface area is 120 Å². The summed E-state index contributed by atoms with van der Waals surface area (Å²) in [7, 11) is 1.65. The van der Waals surface area contributed by atoms with Crippen molar-refractivity contribution in [3.8, 4) is 5.75 Å². The van der Waals surface area contributed by atoms with Gasteiger partial charge in [-0.25, -0.2) is 0 Å². The monoisotopic (exact) mass is 277 g/mol. The van der Waals surface area contributed by atoms with Crippen LogP contribution in [0.1, 0.15) is 30.9 Å². The van der Waals surface area contributed by atoms with Crippen molar-refractivity contribution in [1.82, 2.24) is 4.90 Å². The van der Waals surface area contributed by atoms with Crippen molar-refractivity contribution in [2.24, 2.45) is 0 Å². The van der Waals surface area contributed by atoms with Crippen LogP contribution in [0.15, 0.2) is 18.2 Å². The van der Waals surface area contributed by atoms with E-state index in [9.17, 15) is 4.79 Å². The summed E-state index contributed by atoms with van der Waals surface area (Å²) in [5.41, 5.74) is 2.18. The second-order valence-corrected chi connectivity index (χ2v) is 5.40. The van der Waals surface area contributed by atoms with Crippen LogP contribution in [0, 0.1) is 0 Å². The van der Waals surface area contributed by atoms with Crippen molar-refractivity contribution in [3.05, 3.63) is 29.3 Å². The van der Waals surface area contributed by atoms with E-state index in [1.54, 1.807) is 7.11 Å². The number of hydrogen-bond acceptors (Lipinski definition) is 3. The van der Waals surface area contributed by atoms with Crippen molar-refractivity contribution >= 4 is 5.91 Å². The highest BCUT2D eigenvalue weighted by molar-refractivity contribution is 5.79. The molecule has 0 aromatic heterocycles. The number of rotatable bonds is 4. The van der Waals surface area contributed by atoms with Crippen LogP contribution in [0.2, 0.25) is 0 Å². The SMILES string of the molecule is COc1cc(C(C)C)ccc1CC(=O)N1CCOCC1. The molecule has 4 nitrogen and oxygen atoms in total. The van der Waals surface area contributed by atoms with E-state index in [1.165, 1.54) is 5.56 Å². The maximum atomic E-state index is 12.3. The van der Waals surface area contributed by atoms with Crippen LogP contribution in [-0.2, 0) is 16.0 Å². The van der Waals surface area contributed by atoms with Gasteiger partial charge in [0.05, 0.1) is 26.7 Å². The highest BCUT2D eigenvalue weighted by atomic mass is 16.5. The van der Waals surface area contributed by atoms with E-state index in [0.717, 1.165) is 11.3 Å². The molecule has 1 aromatic carbocycles. The minimum atomic E-state index is 0.142. The molecule has 0 atom stereocenters. The molecule has 0 aliphatic carbocycles. The van der Waals surface area contributed by atoms with Crippen LogP contribution in [0.5, 0.6) is 5.75 Å². The Morgan fingerprint density at radius 2 is 2.05 bits per heavy atom. The van der Waals surface area contributed by atoms with Gasteiger partial charge in [0, 0.05) is 18.7 Å². The molecule has 0 radical (unpaired) electrons. The van der Waals surface area contributed by atoms with Crippen LogP contribution in [0.3, 0.4) is 0 Å². The van der Waals surface area contributed by atoms with Crippen molar-refractivity contribution in [3.63, 3.8) is 0 Å². The van der Waals surface area contributed by atoms with Crippen LogP contribution in [-0.4, -0.2) is 44.2 Å². The Bertz CT molecular complexity index is 465. The second kappa shape index (κ2) is 6.75. The number of carbonyl (C=O) groups excluding carboxylic acids is 1. The summed E-state index contributed by atoms with van der Waals surface area (Å²) < 4.78 is 10.7. The van der Waals surface area contributed by atoms with Crippen molar-refractivity contribution < 1.29 is 14.3 Å². The van der Waals surface area contributed by atoms with Gasteiger partial charge in [-0.1, -0.05) is 26.0 Å². The molecule has 1 heterocycles. The summed E-state index contributed by atoms with van der Waals surface area (Å²) in [6, 6.07) is 6.12. The number of amides is 1. The molecule has 0 spiro atoms. The molecule has 110 valence electrons. The van der Waals surface area contributed by atoms with Crippen LogP contribution < -0.4 is 4.74 Å². The van der Waals surface area contributed by atoms with E-state index in [-0.39, 0.29) is 5.91 Å². The Morgan fingerprint density at radius 1 is 1.35 bits per heavy atom. The maximum Gasteiger partial charge on any atom is 0.227 e. The number of methoxy groups -OCH3 is 1. The third kappa shape index (κ3) is 3.51. The summed E-state index contributed by atoms with van der Waals surface area (Å²) in [5, 5.41) is 0. The number of benzene rings is 1. The lowest BCUT2D eigenvalue weighted by atomic mass is 9.99. The molecule has 4 heteroatoms. The molecule has 1 aliphatic heterocycles. The van der Waals surface area contributed by atoms with Gasteiger partial charge in [-0.05, 0) is 17.5 Å². The molecule has 0 saturated carbocycles. The van der Waals surface area contributed by atoms with E-state index in [2.05, 4.69) is 19.9 Å². The Kier molecular flexibility index (Phi) is 5.01. The van der Waals surface area contributed by atoms with Crippen LogP contribution in [0.4, 0.5) is 0 Å². The van der Waals surface area contributed by atoms with Crippen molar-refractivity contribution in [1.29, 1.82) is 0 Å². The summed E-state index contributed by atoms with van der Waals surface area (Å²) in [6.45, 7) is 6.93. The van der Waals surface area contributed by atoms with Crippen molar-refractivity contribution in [2.45, 2.75) is 26.2 Å². The van der Waals surface area contributed by atoms with Gasteiger partial charge in [-0.3, -0.25) is 4.79 Å². The highest BCUT2D eigenvalue weighted by Crippen LogP contribution is 2.25. The predicted molar refractivity (Wildman–Crippen MR) is 78.2 cm³/mol. The molecule has 1 amide bonds. The topological polar surface area (TPSA) is 38.8 Å². The number of morpholine rings is 1. The zero-order valence-electron chi connectivity index (χ0n) is 12.5. The Morgan fingerprint density at radius 3 is 2.65 bits per heavy atom. The third-order valence-corrected chi connectivity index (χ3v) is 3.68. The van der Waals surface area contributed by atoms with Gasteiger partial charge in [0.15, 0.2) is 0 Å². The standard InChI is InChI=1S/C16H23NO3/c1-12(2)13-4-5-14(15(10-13)19-3)11-16(18)17-6-8-20-9-7-17/h4-5,10,12H,6-9,11H2,1-3H3. The quantitative estimate of drug-likeness (QED) is 0.847. The maximum absolute atomic E-state index is 12.3. The van der Waals surface area contributed by atoms with E-state index in [0.29, 0.717) is 38.6 Å². The lowest BCUT2D eigenvalue weighted by Crippen LogP contribution is -2.41. The average molecular weight is 277 g/mol. The van der Waals surface area contributed by atoms with Gasteiger partial charge in [0.25, 0.3) is 0 Å². The first-order chi connectivity index (χ1) is 9.61. The van der Waals surface area contributed by atoms with E-state index < -0.39 is 0 Å². The zero-order valence-corrected chi connectivity index (χ0v) is 12.5. The molecule has 0 N–H and O–H groups in total. The number of carbonyl (C=O) groups is 1. The van der Waals surface area contributed by atoms with Gasteiger partial charge >= 0.3 is 0 Å². The molecule has 2 rings (SSSR count). The highest BCUT2D eigenvalue weighted by Gasteiger charge is 2.18. The van der Waals surface area contributed by atoms with E-state index in [4.69, 9.17) is 9.47 Å². The molecular formula is C16H23NO3. The lowest BCUT2D eigenvalue weighted by Gasteiger charge is -2.27. The minimum Gasteiger partial charge on any atom is -0.496 e. The van der Waals surface area contributed by atoms with E-state index in [1.807, 2.05) is 17.0 Å². The van der Waals surface area contributed by atoms with Gasteiger partial charge in [-0.15, -0.1) is 0 Å². The summed E-state index contributed by atoms with van der Waals surface area (Å²) in [4.78, 5) is 14.1. The van der Waals surface area contributed by atoms with Gasteiger partial charge in [0.2, 0.25) is 5.91 Å². The summed E-state index contributed by atoms with van der Waals surface area (Å²) >= 11 is 0.